The summed E-state index contributed by atoms with van der Waals surface area (Å²) >= 11 is 0. The quantitative estimate of drug-likeness (QED) is 0.490. The molecule has 9 nitrogen and oxygen atoms in total. The van der Waals surface area contributed by atoms with Crippen LogP contribution in [0.4, 0.5) is 5.69 Å². The van der Waals surface area contributed by atoms with E-state index in [1.54, 1.807) is 38.5 Å². The molecule has 0 aliphatic carbocycles. The van der Waals surface area contributed by atoms with Gasteiger partial charge in [0.2, 0.25) is 5.91 Å². The van der Waals surface area contributed by atoms with Gasteiger partial charge < -0.3 is 14.8 Å². The summed E-state index contributed by atoms with van der Waals surface area (Å²) in [5, 5.41) is 13.8. The van der Waals surface area contributed by atoms with E-state index in [-0.39, 0.29) is 23.6 Å². The average Bonchev–Trinajstić information content (AvgIpc) is 3.21. The SMILES string of the molecule is COc1ccc(OC)c(CNC(=O)C2CNNC2c2ccc([N+](=O)[O-])cc2)c1. The smallest absolute Gasteiger partial charge is 0.269 e. The van der Waals surface area contributed by atoms with Crippen molar-refractivity contribution in [3.8, 4) is 11.5 Å². The van der Waals surface area contributed by atoms with Gasteiger partial charge in [-0.25, -0.2) is 5.43 Å². The number of nitro groups is 1. The zero-order valence-electron chi connectivity index (χ0n) is 15.6. The standard InChI is InChI=1S/C19H22N4O5/c1-27-15-7-8-17(28-2)13(9-15)10-20-19(24)16-11-21-22-18(16)12-3-5-14(6-4-12)23(25)26/h3-9,16,18,21-22H,10-11H2,1-2H3,(H,20,24). The van der Waals surface area contributed by atoms with Crippen molar-refractivity contribution in [2.45, 2.75) is 12.6 Å². The first-order valence-electron chi connectivity index (χ1n) is 8.75. The minimum Gasteiger partial charge on any atom is -0.497 e. The number of hydrogen-bond acceptors (Lipinski definition) is 7. The van der Waals surface area contributed by atoms with E-state index in [0.717, 1.165) is 11.1 Å². The molecule has 1 fully saturated rings. The molecule has 148 valence electrons. The van der Waals surface area contributed by atoms with Crippen LogP contribution >= 0.6 is 0 Å². The third-order valence-electron chi connectivity index (χ3n) is 4.72. The van der Waals surface area contributed by atoms with E-state index < -0.39 is 4.92 Å². The maximum atomic E-state index is 12.8. The van der Waals surface area contributed by atoms with Crippen LogP contribution < -0.4 is 25.6 Å². The molecular formula is C19H22N4O5. The number of carbonyl (C=O) groups excluding carboxylic acids is 1. The van der Waals surface area contributed by atoms with Gasteiger partial charge >= 0.3 is 0 Å². The zero-order valence-corrected chi connectivity index (χ0v) is 15.6. The third kappa shape index (κ3) is 4.21. The molecule has 1 aliphatic heterocycles. The van der Waals surface area contributed by atoms with Crippen molar-refractivity contribution in [3.63, 3.8) is 0 Å². The van der Waals surface area contributed by atoms with Crippen molar-refractivity contribution in [1.82, 2.24) is 16.2 Å². The van der Waals surface area contributed by atoms with E-state index in [2.05, 4.69) is 16.2 Å². The number of rotatable bonds is 7. The largest absolute Gasteiger partial charge is 0.497 e. The number of hydrogen-bond donors (Lipinski definition) is 3. The molecule has 2 aromatic carbocycles. The second-order valence-electron chi connectivity index (χ2n) is 6.35. The molecule has 1 aliphatic rings. The van der Waals surface area contributed by atoms with Gasteiger partial charge in [-0.2, -0.15) is 0 Å². The Kier molecular flexibility index (Phi) is 6.07. The number of amides is 1. The van der Waals surface area contributed by atoms with Gasteiger partial charge in [-0.15, -0.1) is 0 Å². The fourth-order valence-corrected chi connectivity index (χ4v) is 3.19. The summed E-state index contributed by atoms with van der Waals surface area (Å²) in [7, 11) is 3.15. The van der Waals surface area contributed by atoms with Crippen LogP contribution in [0.5, 0.6) is 11.5 Å². The van der Waals surface area contributed by atoms with Gasteiger partial charge in [0.05, 0.1) is 31.1 Å². The molecular weight excluding hydrogens is 364 g/mol. The first-order chi connectivity index (χ1) is 13.5. The minimum absolute atomic E-state index is 0.0147. The fraction of sp³-hybridized carbons (Fsp3) is 0.316. The summed E-state index contributed by atoms with van der Waals surface area (Å²) in [6.07, 6.45) is 0. The Morgan fingerprint density at radius 1 is 1.21 bits per heavy atom. The number of methoxy groups -OCH3 is 2. The Bertz CT molecular complexity index is 856. The molecule has 2 unspecified atom stereocenters. The van der Waals surface area contributed by atoms with Gasteiger partial charge in [0.1, 0.15) is 11.5 Å². The Morgan fingerprint density at radius 2 is 1.96 bits per heavy atom. The van der Waals surface area contributed by atoms with E-state index in [4.69, 9.17) is 9.47 Å². The number of hydrazine groups is 1. The third-order valence-corrected chi connectivity index (χ3v) is 4.72. The van der Waals surface area contributed by atoms with Gasteiger partial charge in [0.25, 0.3) is 5.69 Å². The van der Waals surface area contributed by atoms with Crippen molar-refractivity contribution < 1.29 is 19.2 Å². The van der Waals surface area contributed by atoms with E-state index in [9.17, 15) is 14.9 Å². The maximum absolute atomic E-state index is 12.8. The van der Waals surface area contributed by atoms with E-state index in [0.29, 0.717) is 24.6 Å². The second-order valence-corrected chi connectivity index (χ2v) is 6.35. The molecule has 0 saturated carbocycles. The van der Waals surface area contributed by atoms with Crippen LogP contribution in [0.3, 0.4) is 0 Å². The van der Waals surface area contributed by atoms with Gasteiger partial charge in [-0.05, 0) is 23.8 Å². The number of nitro benzene ring substituents is 1. The summed E-state index contributed by atoms with van der Waals surface area (Å²) in [4.78, 5) is 23.1. The first kappa shape index (κ1) is 19.6. The van der Waals surface area contributed by atoms with Crippen molar-refractivity contribution in [2.24, 2.45) is 5.92 Å². The summed E-state index contributed by atoms with van der Waals surface area (Å²) < 4.78 is 10.6. The van der Waals surface area contributed by atoms with Crippen LogP contribution in [0.1, 0.15) is 17.2 Å². The Hall–Kier alpha value is -3.17. The monoisotopic (exact) mass is 386 g/mol. The van der Waals surface area contributed by atoms with Crippen LogP contribution in [-0.4, -0.2) is 31.6 Å². The summed E-state index contributed by atoms with van der Waals surface area (Å²) in [6, 6.07) is 11.3. The van der Waals surface area contributed by atoms with E-state index in [1.165, 1.54) is 12.1 Å². The molecule has 0 spiro atoms. The van der Waals surface area contributed by atoms with Crippen LogP contribution in [0.25, 0.3) is 0 Å². The summed E-state index contributed by atoms with van der Waals surface area (Å²) in [6.45, 7) is 0.741. The van der Waals surface area contributed by atoms with E-state index >= 15 is 0 Å². The highest BCUT2D eigenvalue weighted by molar-refractivity contribution is 5.80. The predicted octanol–water partition coefficient (Wildman–Crippen LogP) is 1.69. The molecule has 0 radical (unpaired) electrons. The molecule has 1 saturated heterocycles. The molecule has 2 atom stereocenters. The van der Waals surface area contributed by atoms with Gasteiger partial charge in [0.15, 0.2) is 0 Å². The second kappa shape index (κ2) is 8.68. The van der Waals surface area contributed by atoms with Crippen molar-refractivity contribution in [2.75, 3.05) is 20.8 Å². The molecule has 1 amide bonds. The number of ether oxygens (including phenoxy) is 2. The number of nitrogens with zero attached hydrogens (tertiary/aromatic N) is 1. The van der Waals surface area contributed by atoms with Crippen molar-refractivity contribution >= 4 is 11.6 Å². The molecule has 1 heterocycles. The molecule has 3 rings (SSSR count). The fourth-order valence-electron chi connectivity index (χ4n) is 3.19. The Morgan fingerprint density at radius 3 is 2.61 bits per heavy atom. The number of nitrogens with one attached hydrogen (secondary N) is 3. The predicted molar refractivity (Wildman–Crippen MR) is 102 cm³/mol. The van der Waals surface area contributed by atoms with Gasteiger partial charge in [0, 0.05) is 30.8 Å². The molecule has 9 heteroatoms. The topological polar surface area (TPSA) is 115 Å². The highest BCUT2D eigenvalue weighted by atomic mass is 16.6. The lowest BCUT2D eigenvalue weighted by Crippen LogP contribution is -2.34. The Labute approximate surface area is 162 Å². The molecule has 2 aromatic rings. The molecule has 3 N–H and O–H groups in total. The summed E-state index contributed by atoms with van der Waals surface area (Å²) in [5.74, 6) is 0.845. The van der Waals surface area contributed by atoms with Crippen LogP contribution in [-0.2, 0) is 11.3 Å². The van der Waals surface area contributed by atoms with Crippen LogP contribution in [0, 0.1) is 16.0 Å². The normalized spacial score (nSPS) is 18.5. The lowest BCUT2D eigenvalue weighted by molar-refractivity contribution is -0.384. The van der Waals surface area contributed by atoms with Crippen molar-refractivity contribution in [1.29, 1.82) is 0 Å². The highest BCUT2D eigenvalue weighted by Crippen LogP contribution is 2.28. The van der Waals surface area contributed by atoms with Crippen LogP contribution in [0.2, 0.25) is 0 Å². The average molecular weight is 386 g/mol. The maximum Gasteiger partial charge on any atom is 0.269 e. The highest BCUT2D eigenvalue weighted by Gasteiger charge is 2.34. The lowest BCUT2D eigenvalue weighted by atomic mass is 9.94. The minimum atomic E-state index is -0.449. The van der Waals surface area contributed by atoms with Gasteiger partial charge in [-0.1, -0.05) is 12.1 Å². The Balaban J connectivity index is 1.69. The molecule has 0 bridgehead atoms. The first-order valence-corrected chi connectivity index (χ1v) is 8.75. The molecule has 28 heavy (non-hydrogen) atoms. The molecule has 0 aromatic heterocycles. The number of benzene rings is 2. The number of carbonyl (C=O) groups is 1. The number of non-ortho nitro benzene ring substituents is 1. The van der Waals surface area contributed by atoms with Crippen molar-refractivity contribution in [3.05, 3.63) is 63.7 Å². The van der Waals surface area contributed by atoms with E-state index in [1.807, 2.05) is 6.07 Å². The van der Waals surface area contributed by atoms with Crippen LogP contribution in [0.15, 0.2) is 42.5 Å². The van der Waals surface area contributed by atoms with Gasteiger partial charge in [-0.3, -0.25) is 20.3 Å². The lowest BCUT2D eigenvalue weighted by Gasteiger charge is -2.19. The zero-order chi connectivity index (χ0) is 20.1. The summed E-state index contributed by atoms with van der Waals surface area (Å²) in [5.41, 5.74) is 7.68.